The molecule has 3 N–H and O–H groups in total. The fourth-order valence-electron chi connectivity index (χ4n) is 6.52. The number of hydrogen-bond acceptors (Lipinski definition) is 4. The predicted molar refractivity (Wildman–Crippen MR) is 119 cm³/mol. The van der Waals surface area contributed by atoms with Crippen LogP contribution in [0.5, 0.6) is 0 Å². The topological polar surface area (TPSA) is 69.9 Å². The van der Waals surface area contributed by atoms with Crippen LogP contribution in [0.2, 0.25) is 0 Å². The molecule has 0 radical (unpaired) electrons. The number of aliphatic hydroxyl groups is 3. The highest BCUT2D eigenvalue weighted by Gasteiger charge is 2.56. The number of rotatable bonds is 5. The first-order chi connectivity index (χ1) is 14.1. The molecular formula is C26H38O4. The largest absolute Gasteiger partial charge is 0.393 e. The molecular weight excluding hydrogens is 376 g/mol. The van der Waals surface area contributed by atoms with Gasteiger partial charge in [0.15, 0.2) is 0 Å². The van der Waals surface area contributed by atoms with Gasteiger partial charge in [0.25, 0.3) is 0 Å². The molecule has 2 saturated carbocycles. The maximum Gasteiger partial charge on any atom is 0.0772 e. The second-order valence-electron chi connectivity index (χ2n) is 10.8. The van der Waals surface area contributed by atoms with Crippen molar-refractivity contribution in [1.29, 1.82) is 0 Å². The second kappa shape index (κ2) is 7.74. The standard InChI is InChI=1S/C26H38O4/c1-24(2,29)11-5-13-30-16-18-7-9-21-20-8-6-17-14-19(27)15-23(28)26(17,4)22(20)10-12-25(18,21)3/h5-8,11,19,21-23,27-29H,9-10,12-16H2,1-4H3/t19-,21+,22+,23+,25-,26+/m1/s1. The van der Waals surface area contributed by atoms with Crippen molar-refractivity contribution < 1.29 is 20.1 Å². The molecule has 0 heterocycles. The van der Waals surface area contributed by atoms with E-state index in [-0.39, 0.29) is 10.8 Å². The molecule has 4 rings (SSSR count). The van der Waals surface area contributed by atoms with Crippen LogP contribution in [0.1, 0.15) is 59.8 Å². The fourth-order valence-corrected chi connectivity index (χ4v) is 6.52. The van der Waals surface area contributed by atoms with E-state index in [0.29, 0.717) is 37.9 Å². The van der Waals surface area contributed by atoms with Gasteiger partial charge < -0.3 is 20.1 Å². The van der Waals surface area contributed by atoms with Crippen LogP contribution in [-0.4, -0.2) is 46.3 Å². The van der Waals surface area contributed by atoms with Crippen molar-refractivity contribution in [2.24, 2.45) is 22.7 Å². The molecule has 0 saturated heterocycles. The number of hydrogen-bond donors (Lipinski definition) is 3. The molecule has 0 aliphatic heterocycles. The predicted octanol–water partition coefficient (Wildman–Crippen LogP) is 4.08. The van der Waals surface area contributed by atoms with Crippen molar-refractivity contribution >= 4 is 0 Å². The average molecular weight is 415 g/mol. The van der Waals surface area contributed by atoms with Gasteiger partial charge in [-0.1, -0.05) is 55.4 Å². The van der Waals surface area contributed by atoms with Gasteiger partial charge in [0.05, 0.1) is 31.0 Å². The molecule has 30 heavy (non-hydrogen) atoms. The Morgan fingerprint density at radius 1 is 1.20 bits per heavy atom. The molecule has 0 aromatic carbocycles. The van der Waals surface area contributed by atoms with Crippen LogP contribution in [0.25, 0.3) is 0 Å². The maximum atomic E-state index is 11.0. The Balaban J connectivity index is 1.48. The zero-order valence-electron chi connectivity index (χ0n) is 18.9. The van der Waals surface area contributed by atoms with Crippen molar-refractivity contribution in [3.63, 3.8) is 0 Å². The van der Waals surface area contributed by atoms with E-state index in [2.05, 4.69) is 32.1 Å². The molecule has 4 heteroatoms. The number of fused-ring (bicyclic) bond motifs is 5. The summed E-state index contributed by atoms with van der Waals surface area (Å²) in [5, 5.41) is 30.9. The van der Waals surface area contributed by atoms with E-state index in [0.717, 1.165) is 19.3 Å². The second-order valence-corrected chi connectivity index (χ2v) is 10.8. The van der Waals surface area contributed by atoms with Gasteiger partial charge in [0, 0.05) is 11.8 Å². The summed E-state index contributed by atoms with van der Waals surface area (Å²) in [6.45, 7) is 9.26. The van der Waals surface area contributed by atoms with Crippen molar-refractivity contribution in [2.75, 3.05) is 13.2 Å². The van der Waals surface area contributed by atoms with E-state index in [4.69, 9.17) is 4.74 Å². The Morgan fingerprint density at radius 2 is 1.97 bits per heavy atom. The fraction of sp³-hybridized carbons (Fsp3) is 0.692. The van der Waals surface area contributed by atoms with Gasteiger partial charge in [-0.3, -0.25) is 0 Å². The summed E-state index contributed by atoms with van der Waals surface area (Å²) in [4.78, 5) is 0. The van der Waals surface area contributed by atoms with Crippen molar-refractivity contribution in [3.8, 4) is 0 Å². The molecule has 4 nitrogen and oxygen atoms in total. The molecule has 2 fully saturated rings. The van der Waals surface area contributed by atoms with E-state index < -0.39 is 17.8 Å². The normalized spacial score (nSPS) is 41.0. The minimum Gasteiger partial charge on any atom is -0.393 e. The lowest BCUT2D eigenvalue weighted by Crippen LogP contribution is -2.52. The Labute approximate surface area is 181 Å². The highest BCUT2D eigenvalue weighted by atomic mass is 16.5. The molecule has 0 bridgehead atoms. The average Bonchev–Trinajstić information content (AvgIpc) is 2.98. The van der Waals surface area contributed by atoms with Crippen LogP contribution in [0.15, 0.2) is 47.1 Å². The summed E-state index contributed by atoms with van der Waals surface area (Å²) in [7, 11) is 0. The van der Waals surface area contributed by atoms with E-state index in [1.54, 1.807) is 19.9 Å². The molecule has 0 spiro atoms. The molecule has 0 aromatic rings. The lowest BCUT2D eigenvalue weighted by atomic mass is 9.50. The summed E-state index contributed by atoms with van der Waals surface area (Å²) in [6.07, 6.45) is 14.0. The smallest absolute Gasteiger partial charge is 0.0772 e. The summed E-state index contributed by atoms with van der Waals surface area (Å²) in [5.74, 6) is 0.830. The van der Waals surface area contributed by atoms with Gasteiger partial charge >= 0.3 is 0 Å². The van der Waals surface area contributed by atoms with Gasteiger partial charge in [0.2, 0.25) is 0 Å². The Hall–Kier alpha value is -1.20. The van der Waals surface area contributed by atoms with Gasteiger partial charge in [0.1, 0.15) is 0 Å². The molecule has 0 aromatic heterocycles. The van der Waals surface area contributed by atoms with Crippen LogP contribution < -0.4 is 0 Å². The molecule has 4 aliphatic carbocycles. The highest BCUT2D eigenvalue weighted by molar-refractivity contribution is 5.43. The summed E-state index contributed by atoms with van der Waals surface area (Å²) >= 11 is 0. The van der Waals surface area contributed by atoms with Gasteiger partial charge in [-0.25, -0.2) is 0 Å². The number of ether oxygens (including phenoxy) is 1. The number of aliphatic hydroxyl groups excluding tert-OH is 2. The third-order valence-electron chi connectivity index (χ3n) is 8.39. The Morgan fingerprint density at radius 3 is 2.70 bits per heavy atom. The molecule has 166 valence electrons. The van der Waals surface area contributed by atoms with Crippen molar-refractivity contribution in [1.82, 2.24) is 0 Å². The lowest BCUT2D eigenvalue weighted by Gasteiger charge is -2.56. The zero-order valence-corrected chi connectivity index (χ0v) is 18.9. The first kappa shape index (κ1) is 22.0. The van der Waals surface area contributed by atoms with E-state index in [1.165, 1.54) is 16.7 Å². The molecule has 6 atom stereocenters. The van der Waals surface area contributed by atoms with E-state index in [9.17, 15) is 15.3 Å². The zero-order chi connectivity index (χ0) is 21.7. The van der Waals surface area contributed by atoms with Crippen LogP contribution in [-0.2, 0) is 4.74 Å². The van der Waals surface area contributed by atoms with Crippen LogP contribution in [0.4, 0.5) is 0 Å². The SMILES string of the molecule is CC(C)(O)C=CCOCC1=CC[C@H]2C3=CC=C4C[C@@H](O)C[C@H](O)[C@]4(C)[C@H]3CC[C@]12C. The summed E-state index contributed by atoms with van der Waals surface area (Å²) < 4.78 is 5.93. The quantitative estimate of drug-likeness (QED) is 0.468. The molecule has 0 amide bonds. The number of allylic oxidation sites excluding steroid dienone is 4. The highest BCUT2D eigenvalue weighted by Crippen LogP contribution is 2.63. The monoisotopic (exact) mass is 414 g/mol. The van der Waals surface area contributed by atoms with Crippen LogP contribution >= 0.6 is 0 Å². The Bertz CT molecular complexity index is 798. The first-order valence-electron chi connectivity index (χ1n) is 11.5. The lowest BCUT2D eigenvalue weighted by molar-refractivity contribution is -0.0493. The van der Waals surface area contributed by atoms with Crippen LogP contribution in [0, 0.1) is 22.7 Å². The molecule has 4 aliphatic rings. The minimum absolute atomic E-state index is 0.114. The van der Waals surface area contributed by atoms with Gasteiger partial charge in [-0.15, -0.1) is 0 Å². The Kier molecular flexibility index (Phi) is 5.68. The van der Waals surface area contributed by atoms with E-state index in [1.807, 2.05) is 6.08 Å². The first-order valence-corrected chi connectivity index (χ1v) is 11.5. The summed E-state index contributed by atoms with van der Waals surface area (Å²) in [6, 6.07) is 0. The third-order valence-corrected chi connectivity index (χ3v) is 8.39. The van der Waals surface area contributed by atoms with Gasteiger partial charge in [-0.2, -0.15) is 0 Å². The van der Waals surface area contributed by atoms with Crippen molar-refractivity contribution in [2.45, 2.75) is 77.6 Å². The molecule has 0 unspecified atom stereocenters. The van der Waals surface area contributed by atoms with Gasteiger partial charge in [-0.05, 0) is 62.4 Å². The van der Waals surface area contributed by atoms with Crippen molar-refractivity contribution in [3.05, 3.63) is 47.1 Å². The minimum atomic E-state index is -0.804. The third kappa shape index (κ3) is 3.66. The van der Waals surface area contributed by atoms with Crippen LogP contribution in [0.3, 0.4) is 0 Å². The van der Waals surface area contributed by atoms with E-state index >= 15 is 0 Å². The maximum absolute atomic E-state index is 11.0. The summed E-state index contributed by atoms with van der Waals surface area (Å²) in [5.41, 5.74) is 3.16.